The third kappa shape index (κ3) is 3.24. The molecule has 3 rings (SSSR count). The highest BCUT2D eigenvalue weighted by Crippen LogP contribution is 2.41. The molecule has 0 N–H and O–H groups in total. The molecule has 0 amide bonds. The Kier molecular flexibility index (Phi) is 5.00. The van der Waals surface area contributed by atoms with Crippen molar-refractivity contribution in [1.29, 1.82) is 0 Å². The molecule has 0 atom stereocenters. The van der Waals surface area contributed by atoms with Crippen molar-refractivity contribution in [2.45, 2.75) is 65.2 Å². The van der Waals surface area contributed by atoms with Crippen LogP contribution in [0.3, 0.4) is 0 Å². The number of rotatable bonds is 3. The molecule has 0 unspecified atom stereocenters. The molecule has 1 aromatic heterocycles. The van der Waals surface area contributed by atoms with Gasteiger partial charge in [0.05, 0.1) is 29.1 Å². The molecular formula is C19H24INO3. The Hall–Kier alpha value is -0.980. The molecule has 1 fully saturated rings. The second-order valence-corrected chi connectivity index (χ2v) is 8.73. The number of ether oxygens (including phenoxy) is 1. The van der Waals surface area contributed by atoms with E-state index in [2.05, 4.69) is 36.4 Å². The first-order chi connectivity index (χ1) is 11.3. The Morgan fingerprint density at radius 2 is 1.96 bits per heavy atom. The number of halogens is 1. The maximum atomic E-state index is 12.7. The smallest absolute Gasteiger partial charge is 0.341 e. The van der Waals surface area contributed by atoms with Gasteiger partial charge in [-0.05, 0) is 54.2 Å². The highest BCUT2D eigenvalue weighted by Gasteiger charge is 2.37. The van der Waals surface area contributed by atoms with E-state index in [1.165, 1.54) is 12.8 Å². The fourth-order valence-corrected chi connectivity index (χ4v) is 5.07. The molecule has 2 aliphatic rings. The average Bonchev–Trinajstić information content (AvgIpc) is 2.98. The summed E-state index contributed by atoms with van der Waals surface area (Å²) in [6, 6.07) is 0. The van der Waals surface area contributed by atoms with Crippen molar-refractivity contribution >= 4 is 34.3 Å². The lowest BCUT2D eigenvalue weighted by Crippen LogP contribution is -2.31. The normalized spacial score (nSPS) is 20.1. The molecule has 1 aromatic rings. The average molecular weight is 441 g/mol. The lowest BCUT2D eigenvalue weighted by molar-refractivity contribution is 0.0522. The van der Waals surface area contributed by atoms with Crippen LogP contribution in [0.2, 0.25) is 0 Å². The number of aromatic nitrogens is 1. The summed E-state index contributed by atoms with van der Waals surface area (Å²) in [5, 5.41) is 0. The van der Waals surface area contributed by atoms with E-state index in [0.717, 1.165) is 34.2 Å². The Balaban J connectivity index is 2.18. The monoisotopic (exact) mass is 441 g/mol. The van der Waals surface area contributed by atoms with Gasteiger partial charge in [0.15, 0.2) is 5.78 Å². The van der Waals surface area contributed by atoms with Gasteiger partial charge in [-0.1, -0.05) is 26.7 Å². The van der Waals surface area contributed by atoms with Crippen LogP contribution < -0.4 is 0 Å². The van der Waals surface area contributed by atoms with Crippen LogP contribution in [0.5, 0.6) is 0 Å². The molecule has 4 nitrogen and oxygen atoms in total. The van der Waals surface area contributed by atoms with E-state index >= 15 is 0 Å². The van der Waals surface area contributed by atoms with Crippen molar-refractivity contribution in [2.24, 2.45) is 5.41 Å². The molecule has 0 bridgehead atoms. The number of hydrogen-bond donors (Lipinski definition) is 0. The SMILES string of the molecule is CCOC(=O)c1c(C2CCCC2)nc2c(c1I)C(=O)CC(C)(C)C2. The van der Waals surface area contributed by atoms with Crippen LogP contribution >= 0.6 is 22.6 Å². The molecule has 2 aliphatic carbocycles. The topological polar surface area (TPSA) is 56.3 Å². The van der Waals surface area contributed by atoms with Gasteiger partial charge >= 0.3 is 5.97 Å². The number of ketones is 1. The highest BCUT2D eigenvalue weighted by atomic mass is 127. The van der Waals surface area contributed by atoms with Gasteiger partial charge in [-0.2, -0.15) is 0 Å². The third-order valence-electron chi connectivity index (χ3n) is 5.02. The summed E-state index contributed by atoms with van der Waals surface area (Å²) in [6.07, 6.45) is 5.76. The van der Waals surface area contributed by atoms with Gasteiger partial charge < -0.3 is 4.74 Å². The summed E-state index contributed by atoms with van der Waals surface area (Å²) in [4.78, 5) is 30.2. The molecular weight excluding hydrogens is 417 g/mol. The number of nitrogens with zero attached hydrogens (tertiary/aromatic N) is 1. The summed E-state index contributed by atoms with van der Waals surface area (Å²) >= 11 is 2.16. The van der Waals surface area contributed by atoms with E-state index in [1.807, 2.05) is 0 Å². The zero-order valence-electron chi connectivity index (χ0n) is 14.6. The van der Waals surface area contributed by atoms with Gasteiger partial charge in [-0.25, -0.2) is 4.79 Å². The van der Waals surface area contributed by atoms with Gasteiger partial charge in [-0.3, -0.25) is 9.78 Å². The number of carbonyl (C=O) groups excluding carboxylic acids is 2. The maximum absolute atomic E-state index is 12.7. The van der Waals surface area contributed by atoms with Crippen molar-refractivity contribution in [3.63, 3.8) is 0 Å². The molecule has 0 aliphatic heterocycles. The summed E-state index contributed by atoms with van der Waals surface area (Å²) in [5.74, 6) is 0.0711. The predicted molar refractivity (Wildman–Crippen MR) is 101 cm³/mol. The molecule has 0 spiro atoms. The van der Waals surface area contributed by atoms with Crippen molar-refractivity contribution in [2.75, 3.05) is 6.61 Å². The second kappa shape index (κ2) is 6.73. The minimum Gasteiger partial charge on any atom is -0.462 e. The molecule has 1 saturated carbocycles. The summed E-state index contributed by atoms with van der Waals surface area (Å²) in [7, 11) is 0. The van der Waals surface area contributed by atoms with Crippen LogP contribution in [0.4, 0.5) is 0 Å². The number of hydrogen-bond acceptors (Lipinski definition) is 4. The molecule has 0 aromatic carbocycles. The van der Waals surface area contributed by atoms with Crippen molar-refractivity contribution < 1.29 is 14.3 Å². The van der Waals surface area contributed by atoms with Crippen LogP contribution in [-0.4, -0.2) is 23.3 Å². The van der Waals surface area contributed by atoms with E-state index < -0.39 is 0 Å². The van der Waals surface area contributed by atoms with E-state index in [9.17, 15) is 9.59 Å². The van der Waals surface area contributed by atoms with Crippen molar-refractivity contribution in [1.82, 2.24) is 4.98 Å². The minimum atomic E-state index is -0.336. The molecule has 130 valence electrons. The van der Waals surface area contributed by atoms with Gasteiger partial charge in [0.2, 0.25) is 0 Å². The second-order valence-electron chi connectivity index (χ2n) is 7.65. The number of carbonyl (C=O) groups is 2. The van der Waals surface area contributed by atoms with Gasteiger partial charge in [-0.15, -0.1) is 0 Å². The molecule has 24 heavy (non-hydrogen) atoms. The van der Waals surface area contributed by atoms with Crippen LogP contribution in [-0.2, 0) is 11.2 Å². The van der Waals surface area contributed by atoms with E-state index in [4.69, 9.17) is 9.72 Å². The van der Waals surface area contributed by atoms with Gasteiger partial charge in [0.1, 0.15) is 0 Å². The lowest BCUT2D eigenvalue weighted by Gasteiger charge is -2.31. The third-order valence-corrected chi connectivity index (χ3v) is 6.10. The first kappa shape index (κ1) is 17.8. The summed E-state index contributed by atoms with van der Waals surface area (Å²) in [5.41, 5.74) is 2.85. The van der Waals surface area contributed by atoms with Crippen LogP contribution in [0.1, 0.15) is 90.9 Å². The van der Waals surface area contributed by atoms with E-state index in [-0.39, 0.29) is 17.2 Å². The molecule has 0 radical (unpaired) electrons. The standard InChI is InChI=1S/C19H24INO3/c1-4-24-18(23)15-16(20)14-12(9-19(2,3)10-13(14)22)21-17(15)11-7-5-6-8-11/h11H,4-10H2,1-3H3. The molecule has 1 heterocycles. The fourth-order valence-electron chi connectivity index (χ4n) is 3.96. The van der Waals surface area contributed by atoms with Crippen LogP contribution in [0.25, 0.3) is 0 Å². The first-order valence-corrected chi connectivity index (χ1v) is 9.84. The Morgan fingerprint density at radius 1 is 1.29 bits per heavy atom. The summed E-state index contributed by atoms with van der Waals surface area (Å²) < 4.78 is 6.03. The highest BCUT2D eigenvalue weighted by molar-refractivity contribution is 14.1. The minimum absolute atomic E-state index is 0.0709. The van der Waals surface area contributed by atoms with E-state index in [1.54, 1.807) is 6.92 Å². The van der Waals surface area contributed by atoms with Gasteiger partial charge in [0.25, 0.3) is 0 Å². The van der Waals surface area contributed by atoms with Crippen molar-refractivity contribution in [3.05, 3.63) is 26.1 Å². The van der Waals surface area contributed by atoms with Crippen LogP contribution in [0.15, 0.2) is 0 Å². The van der Waals surface area contributed by atoms with E-state index in [0.29, 0.717) is 30.1 Å². The van der Waals surface area contributed by atoms with Crippen LogP contribution in [0, 0.1) is 8.99 Å². The molecule has 5 heteroatoms. The Morgan fingerprint density at radius 3 is 2.58 bits per heavy atom. The Labute approximate surface area is 156 Å². The van der Waals surface area contributed by atoms with Crippen molar-refractivity contribution in [3.8, 4) is 0 Å². The van der Waals surface area contributed by atoms with Gasteiger partial charge in [0, 0.05) is 15.9 Å². The lowest BCUT2D eigenvalue weighted by atomic mass is 9.75. The predicted octanol–water partition coefficient (Wildman–Crippen LogP) is 4.68. The molecule has 0 saturated heterocycles. The number of fused-ring (bicyclic) bond motifs is 1. The number of esters is 1. The fraction of sp³-hybridized carbons (Fsp3) is 0.632. The zero-order chi connectivity index (χ0) is 17.5. The largest absolute Gasteiger partial charge is 0.462 e. The maximum Gasteiger partial charge on any atom is 0.341 e. The zero-order valence-corrected chi connectivity index (χ0v) is 16.7. The quantitative estimate of drug-likeness (QED) is 0.505. The summed E-state index contributed by atoms with van der Waals surface area (Å²) in [6.45, 7) is 6.35. The number of pyridine rings is 1. The Bertz CT molecular complexity index is 690. The first-order valence-electron chi connectivity index (χ1n) is 8.76. The number of Topliss-reactive ketones (excluding diaryl/α,β-unsaturated/α-hetero) is 1.